The van der Waals surface area contributed by atoms with Crippen molar-refractivity contribution in [1.29, 1.82) is 0 Å². The van der Waals surface area contributed by atoms with E-state index in [1.165, 1.54) is 12.1 Å². The molecule has 160 valence electrons. The number of rotatable bonds is 6. The van der Waals surface area contributed by atoms with Crippen molar-refractivity contribution in [2.75, 3.05) is 51.3 Å². The molecule has 1 aliphatic carbocycles. The average molecular weight is 412 g/mol. The fourth-order valence-electron chi connectivity index (χ4n) is 4.10. The van der Waals surface area contributed by atoms with Gasteiger partial charge in [0.05, 0.1) is 33.6 Å². The van der Waals surface area contributed by atoms with Gasteiger partial charge >= 0.3 is 0 Å². The Kier molecular flexibility index (Phi) is 5.74. The number of aromatic hydroxyl groups is 2. The Morgan fingerprint density at radius 3 is 1.23 bits per heavy atom. The number of fused-ring (bicyclic) bond motifs is 2. The van der Waals surface area contributed by atoms with Crippen molar-refractivity contribution in [3.8, 4) is 11.5 Å². The van der Waals surface area contributed by atoms with Gasteiger partial charge in [-0.3, -0.25) is 9.59 Å². The zero-order valence-corrected chi connectivity index (χ0v) is 18.2. The smallest absolute Gasteiger partial charge is 0.200 e. The van der Waals surface area contributed by atoms with Crippen LogP contribution in [0.15, 0.2) is 24.3 Å². The molecule has 0 aromatic heterocycles. The van der Waals surface area contributed by atoms with Crippen LogP contribution >= 0.6 is 0 Å². The van der Waals surface area contributed by atoms with Crippen molar-refractivity contribution in [3.05, 3.63) is 46.5 Å². The molecule has 0 saturated carbocycles. The van der Waals surface area contributed by atoms with Crippen molar-refractivity contribution in [2.45, 2.75) is 13.8 Å². The maximum absolute atomic E-state index is 13.6. The maximum atomic E-state index is 13.6. The first-order chi connectivity index (χ1) is 14.1. The number of hydrazine groups is 2. The minimum atomic E-state index is -0.486. The van der Waals surface area contributed by atoms with Gasteiger partial charge in [-0.05, 0) is 38.1 Å². The molecule has 0 unspecified atom stereocenters. The first kappa shape index (κ1) is 21.6. The van der Waals surface area contributed by atoms with Gasteiger partial charge in [0.2, 0.25) is 11.6 Å². The third kappa shape index (κ3) is 3.18. The van der Waals surface area contributed by atoms with Crippen LogP contribution < -0.4 is 10.0 Å². The van der Waals surface area contributed by atoms with E-state index in [0.717, 1.165) is 0 Å². The number of anilines is 2. The van der Waals surface area contributed by atoms with E-state index in [4.69, 9.17) is 0 Å². The van der Waals surface area contributed by atoms with Crippen LogP contribution in [0.1, 0.15) is 45.7 Å². The molecule has 0 heterocycles. The van der Waals surface area contributed by atoms with Crippen molar-refractivity contribution in [2.24, 2.45) is 0 Å². The van der Waals surface area contributed by atoms with Gasteiger partial charge in [0, 0.05) is 41.3 Å². The summed E-state index contributed by atoms with van der Waals surface area (Å²) in [6.07, 6.45) is 0. The van der Waals surface area contributed by atoms with E-state index >= 15 is 0 Å². The lowest BCUT2D eigenvalue weighted by Crippen LogP contribution is -2.41. The van der Waals surface area contributed by atoms with Gasteiger partial charge in [-0.25, -0.2) is 10.0 Å². The summed E-state index contributed by atoms with van der Waals surface area (Å²) in [5.41, 5.74) is 1.27. The molecule has 1 aliphatic rings. The Morgan fingerprint density at radius 2 is 0.967 bits per heavy atom. The van der Waals surface area contributed by atoms with E-state index in [2.05, 4.69) is 0 Å². The Balaban J connectivity index is 2.43. The average Bonchev–Trinajstić information content (AvgIpc) is 2.68. The molecule has 0 fully saturated rings. The van der Waals surface area contributed by atoms with Gasteiger partial charge in [0.1, 0.15) is 11.5 Å². The number of nitrogens with zero attached hydrogens (tertiary/aromatic N) is 4. The monoisotopic (exact) mass is 412 g/mol. The normalized spacial score (nSPS) is 12.9. The SMILES string of the molecule is CCN(c1ccc(N(CC)N(C)C)c2c1C(=O)c1c(O)ccc(O)c1C2=O)N(C)C. The molecule has 0 saturated heterocycles. The minimum absolute atomic E-state index is 0.159. The molecule has 2 aromatic rings. The number of carbonyl (C=O) groups is 2. The number of hydrogen-bond acceptors (Lipinski definition) is 8. The lowest BCUT2D eigenvalue weighted by atomic mass is 9.81. The molecule has 0 aliphatic heterocycles. The van der Waals surface area contributed by atoms with Gasteiger partial charge in [-0.2, -0.15) is 0 Å². The van der Waals surface area contributed by atoms with Crippen molar-refractivity contribution in [1.82, 2.24) is 10.0 Å². The van der Waals surface area contributed by atoms with Crippen LogP contribution in [-0.4, -0.2) is 73.1 Å². The Morgan fingerprint density at radius 1 is 0.633 bits per heavy atom. The lowest BCUT2D eigenvalue weighted by Gasteiger charge is -2.37. The lowest BCUT2D eigenvalue weighted by molar-refractivity contribution is 0.0974. The zero-order chi connectivity index (χ0) is 22.3. The number of hydrogen-bond donors (Lipinski definition) is 2. The molecule has 8 heteroatoms. The summed E-state index contributed by atoms with van der Waals surface area (Å²) in [6, 6.07) is 6.10. The van der Waals surface area contributed by atoms with E-state index < -0.39 is 11.6 Å². The van der Waals surface area contributed by atoms with Crippen molar-refractivity contribution < 1.29 is 19.8 Å². The maximum Gasteiger partial charge on any atom is 0.200 e. The van der Waals surface area contributed by atoms with Crippen LogP contribution in [0.3, 0.4) is 0 Å². The molecule has 2 N–H and O–H groups in total. The summed E-state index contributed by atoms with van der Waals surface area (Å²) in [6.45, 7) is 5.05. The minimum Gasteiger partial charge on any atom is -0.507 e. The molecule has 0 amide bonds. The summed E-state index contributed by atoms with van der Waals surface area (Å²) < 4.78 is 0. The van der Waals surface area contributed by atoms with Crippen molar-refractivity contribution in [3.63, 3.8) is 0 Å². The number of carbonyl (C=O) groups excluding carboxylic acids is 2. The molecule has 2 aromatic carbocycles. The van der Waals surface area contributed by atoms with E-state index in [-0.39, 0.29) is 33.8 Å². The fraction of sp³-hybridized carbons (Fsp3) is 0.364. The van der Waals surface area contributed by atoms with Crippen molar-refractivity contribution >= 4 is 22.9 Å². The number of ketones is 2. The molecule has 0 spiro atoms. The van der Waals surface area contributed by atoms with Gasteiger partial charge in [0.15, 0.2) is 0 Å². The van der Waals surface area contributed by atoms with Gasteiger partial charge in [-0.15, -0.1) is 0 Å². The molecule has 8 nitrogen and oxygen atoms in total. The predicted octanol–water partition coefficient (Wildman–Crippen LogP) is 2.48. The molecular weight excluding hydrogens is 384 g/mol. The van der Waals surface area contributed by atoms with Crippen LogP contribution in [-0.2, 0) is 0 Å². The summed E-state index contributed by atoms with van der Waals surface area (Å²) in [7, 11) is 7.42. The summed E-state index contributed by atoms with van der Waals surface area (Å²) in [4.78, 5) is 27.2. The Labute approximate surface area is 176 Å². The Hall–Kier alpha value is -3.10. The molecule has 3 rings (SSSR count). The summed E-state index contributed by atoms with van der Waals surface area (Å²) in [5.74, 6) is -1.62. The van der Waals surface area contributed by atoms with E-state index in [0.29, 0.717) is 24.5 Å². The Bertz CT molecular complexity index is 937. The summed E-state index contributed by atoms with van der Waals surface area (Å²) >= 11 is 0. The molecular formula is C22H28N4O4. The fourth-order valence-corrected chi connectivity index (χ4v) is 4.10. The number of phenolic OH excluding ortho intramolecular Hbond substituents is 2. The molecule has 0 atom stereocenters. The molecule has 30 heavy (non-hydrogen) atoms. The highest BCUT2D eigenvalue weighted by molar-refractivity contribution is 6.33. The second kappa shape index (κ2) is 7.97. The van der Waals surface area contributed by atoms with E-state index in [9.17, 15) is 19.8 Å². The first-order valence-corrected chi connectivity index (χ1v) is 9.86. The van der Waals surface area contributed by atoms with Crippen LogP contribution in [0.2, 0.25) is 0 Å². The van der Waals surface area contributed by atoms with Crippen LogP contribution in [0.5, 0.6) is 11.5 Å². The molecule has 0 radical (unpaired) electrons. The van der Waals surface area contributed by atoms with Crippen LogP contribution in [0.4, 0.5) is 11.4 Å². The van der Waals surface area contributed by atoms with E-state index in [1.807, 2.05) is 74.2 Å². The quantitative estimate of drug-likeness (QED) is 0.472. The second-order valence-corrected chi connectivity index (χ2v) is 7.49. The second-order valence-electron chi connectivity index (χ2n) is 7.49. The van der Waals surface area contributed by atoms with E-state index in [1.54, 1.807) is 0 Å². The zero-order valence-electron chi connectivity index (χ0n) is 18.2. The third-order valence-corrected chi connectivity index (χ3v) is 5.35. The van der Waals surface area contributed by atoms with Crippen LogP contribution in [0.25, 0.3) is 0 Å². The van der Waals surface area contributed by atoms with Gasteiger partial charge in [-0.1, -0.05) is 0 Å². The number of benzene rings is 2. The highest BCUT2D eigenvalue weighted by atomic mass is 16.3. The standard InChI is InChI=1S/C22H28N4O4/c1-7-25(23(3)4)13-9-10-14(26(8-2)24(5)6)18-17(13)21(29)19-15(27)11-12-16(28)20(19)22(18)30/h9-12,27-28H,7-8H2,1-6H3. The predicted molar refractivity (Wildman–Crippen MR) is 116 cm³/mol. The van der Waals surface area contributed by atoms with Gasteiger partial charge in [0.25, 0.3) is 0 Å². The highest BCUT2D eigenvalue weighted by Crippen LogP contribution is 2.44. The first-order valence-electron chi connectivity index (χ1n) is 9.86. The largest absolute Gasteiger partial charge is 0.507 e. The topological polar surface area (TPSA) is 87.6 Å². The molecule has 0 bridgehead atoms. The summed E-state index contributed by atoms with van der Waals surface area (Å²) in [5, 5.41) is 28.2. The third-order valence-electron chi connectivity index (χ3n) is 5.35. The number of phenols is 2. The van der Waals surface area contributed by atoms with Gasteiger partial charge < -0.3 is 20.2 Å². The van der Waals surface area contributed by atoms with Crippen LogP contribution in [0, 0.1) is 0 Å². The highest BCUT2D eigenvalue weighted by Gasteiger charge is 2.39.